The molecule has 0 bridgehead atoms. The van der Waals surface area contributed by atoms with E-state index in [9.17, 15) is 39.6 Å². The third-order valence-electron chi connectivity index (χ3n) is 9.15. The molecule has 0 spiro atoms. The van der Waals surface area contributed by atoms with Crippen molar-refractivity contribution in [2.75, 3.05) is 38.5 Å². The number of hydrogen-bond acceptors (Lipinski definition) is 8. The van der Waals surface area contributed by atoms with E-state index < -0.39 is 34.8 Å². The number of phenolic OH excluding ortho intramolecular Hbond substituents is 3. The van der Waals surface area contributed by atoms with E-state index in [0.29, 0.717) is 47.6 Å². The number of carboxylic acid groups (broad SMARTS) is 1. The fourth-order valence-electron chi connectivity index (χ4n) is 6.89. The molecule has 0 radical (unpaired) electrons. The van der Waals surface area contributed by atoms with E-state index >= 15 is 0 Å². The number of aromatic hydroxyl groups is 3. The van der Waals surface area contributed by atoms with E-state index in [1.165, 1.54) is 40.9 Å². The van der Waals surface area contributed by atoms with Gasteiger partial charge in [-0.15, -0.1) is 11.8 Å². The van der Waals surface area contributed by atoms with Gasteiger partial charge in [-0.3, -0.25) is 19.3 Å². The number of thioether (sulfide) groups is 1. The van der Waals surface area contributed by atoms with E-state index in [1.54, 1.807) is 17.0 Å². The summed E-state index contributed by atoms with van der Waals surface area (Å²) < 4.78 is 0.616. The topological polar surface area (TPSA) is 168 Å². The van der Waals surface area contributed by atoms with Crippen LogP contribution in [0.3, 0.4) is 0 Å². The summed E-state index contributed by atoms with van der Waals surface area (Å²) in [4.78, 5) is 54.7. The van der Waals surface area contributed by atoms with E-state index in [4.69, 9.17) is 11.6 Å². The molecule has 12 nitrogen and oxygen atoms in total. The van der Waals surface area contributed by atoms with Crippen LogP contribution < -0.4 is 5.32 Å². The van der Waals surface area contributed by atoms with Crippen molar-refractivity contribution in [2.24, 2.45) is 0 Å². The van der Waals surface area contributed by atoms with Gasteiger partial charge in [0.1, 0.15) is 35.4 Å². The number of halogens is 1. The third kappa shape index (κ3) is 5.22. The number of β-lactam (4-membered cyclic amide) rings is 1. The lowest BCUT2D eigenvalue weighted by Crippen LogP contribution is -2.71. The molecule has 2 unspecified atom stereocenters. The molecule has 2 aromatic rings. The molecular weight excluding hydrogens is 612 g/mol. The number of phenols is 3. The Morgan fingerprint density at radius 2 is 1.82 bits per heavy atom. The van der Waals surface area contributed by atoms with Gasteiger partial charge >= 0.3 is 5.97 Å². The number of fused-ring (bicyclic) bond motifs is 2. The number of carbonyl (C=O) groups is 4. The van der Waals surface area contributed by atoms with Crippen molar-refractivity contribution >= 4 is 47.1 Å². The number of nitrogens with zero attached hydrogens (tertiary/aromatic N) is 3. The monoisotopic (exact) mass is 643 g/mol. The lowest BCUT2D eigenvalue weighted by molar-refractivity contribution is -0.938. The first-order chi connectivity index (χ1) is 21.0. The molecule has 0 aliphatic carbocycles. The summed E-state index contributed by atoms with van der Waals surface area (Å²) in [5.41, 5.74) is 1.42. The summed E-state index contributed by atoms with van der Waals surface area (Å²) in [5.74, 6) is -2.82. The van der Waals surface area contributed by atoms with Gasteiger partial charge in [-0.2, -0.15) is 0 Å². The Bertz CT molecular complexity index is 1580. The number of carbonyl (C=O) groups excluding carboxylic acids is 3. The second-order valence-corrected chi connectivity index (χ2v) is 13.2. The molecule has 14 heteroatoms. The zero-order chi connectivity index (χ0) is 31.3. The number of benzene rings is 2. The van der Waals surface area contributed by atoms with Gasteiger partial charge in [0, 0.05) is 24.2 Å². The number of rotatable bonds is 7. The van der Waals surface area contributed by atoms with Crippen LogP contribution in [0.4, 0.5) is 0 Å². The molecule has 5 N–H and O–H groups in total. The number of aliphatic carboxylic acids is 1. The Balaban J connectivity index is 1.15. The fourth-order valence-corrected chi connectivity index (χ4v) is 8.47. The highest BCUT2D eigenvalue weighted by Gasteiger charge is 2.56. The van der Waals surface area contributed by atoms with E-state index in [1.807, 2.05) is 0 Å². The van der Waals surface area contributed by atoms with Gasteiger partial charge in [0.15, 0.2) is 11.5 Å². The summed E-state index contributed by atoms with van der Waals surface area (Å²) in [5, 5.41) is 41.4. The number of amides is 3. The van der Waals surface area contributed by atoms with E-state index in [-0.39, 0.29) is 46.3 Å². The number of nitrogens with one attached hydrogen (secondary N) is 1. The molecule has 6 rings (SSSR count). The van der Waals surface area contributed by atoms with Crippen molar-refractivity contribution in [3.63, 3.8) is 0 Å². The quantitative estimate of drug-likeness (QED) is 0.172. The molecule has 3 amide bonds. The first-order valence-electron chi connectivity index (χ1n) is 14.3. The Morgan fingerprint density at radius 1 is 1.07 bits per heavy atom. The van der Waals surface area contributed by atoms with E-state index in [2.05, 4.69) is 5.32 Å². The summed E-state index contributed by atoms with van der Waals surface area (Å²) in [6.07, 6.45) is 1.79. The highest BCUT2D eigenvalue weighted by Crippen LogP contribution is 2.43. The van der Waals surface area contributed by atoms with Crippen LogP contribution in [0.25, 0.3) is 0 Å². The molecule has 4 heterocycles. The molecule has 0 saturated carbocycles. The number of piperazine rings is 1. The lowest BCUT2D eigenvalue weighted by atomic mass is 10.0. The molecule has 3 saturated heterocycles. The predicted molar refractivity (Wildman–Crippen MR) is 160 cm³/mol. The Morgan fingerprint density at radius 3 is 2.55 bits per heavy atom. The zero-order valence-electron chi connectivity index (χ0n) is 23.6. The smallest absolute Gasteiger partial charge is 0.352 e. The summed E-state index contributed by atoms with van der Waals surface area (Å²) in [6.45, 7) is 2.68. The van der Waals surface area contributed by atoms with Crippen LogP contribution in [0.5, 0.6) is 17.2 Å². The minimum absolute atomic E-state index is 0.0224. The van der Waals surface area contributed by atoms with Crippen LogP contribution >= 0.6 is 23.4 Å². The summed E-state index contributed by atoms with van der Waals surface area (Å²) in [6, 6.07) is 8.05. The summed E-state index contributed by atoms with van der Waals surface area (Å²) in [7, 11) is 0. The van der Waals surface area contributed by atoms with Gasteiger partial charge in [0.25, 0.3) is 11.8 Å². The standard InChI is InChI=1S/C30H31ClN4O8S/c31-23-20(7-8-21(37)26(23)39)27(40)33-9-11-35(10-1-2-18(35)13-33)14-17-15-44-29-24(28(41)34(29)25(17)30(42)43)32-22(38)12-16-3-5-19(36)6-4-16/h3-8,18,24,29H,1-2,9-15H2,(H4-,32,36,37,38,39,40,42,43)/p+1/t18?,24-,29-,35?/m1/s1. The first kappa shape index (κ1) is 30.1. The predicted octanol–water partition coefficient (Wildman–Crippen LogP) is 1.87. The van der Waals surface area contributed by atoms with E-state index in [0.717, 1.165) is 19.4 Å². The van der Waals surface area contributed by atoms with Gasteiger partial charge in [-0.05, 0) is 29.8 Å². The largest absolute Gasteiger partial charge is 0.508 e. The molecule has 2 aromatic carbocycles. The molecule has 3 fully saturated rings. The second kappa shape index (κ2) is 11.5. The van der Waals surface area contributed by atoms with Crippen molar-refractivity contribution in [1.29, 1.82) is 0 Å². The summed E-state index contributed by atoms with van der Waals surface area (Å²) >= 11 is 7.59. The van der Waals surface area contributed by atoms with Gasteiger partial charge < -0.3 is 35.1 Å². The van der Waals surface area contributed by atoms with Crippen LogP contribution in [-0.2, 0) is 20.8 Å². The molecule has 4 aliphatic rings. The normalized spacial score (nSPS) is 26.1. The van der Waals surface area contributed by atoms with Crippen molar-refractivity contribution < 1.29 is 44.1 Å². The van der Waals surface area contributed by atoms with Gasteiger partial charge in [-0.1, -0.05) is 23.7 Å². The molecule has 4 atom stereocenters. The minimum atomic E-state index is -1.18. The maximum Gasteiger partial charge on any atom is 0.352 e. The van der Waals surface area contributed by atoms with Gasteiger partial charge in [0.2, 0.25) is 5.91 Å². The Kier molecular flexibility index (Phi) is 7.89. The van der Waals surface area contributed by atoms with Crippen molar-refractivity contribution in [1.82, 2.24) is 15.1 Å². The zero-order valence-corrected chi connectivity index (χ0v) is 25.2. The minimum Gasteiger partial charge on any atom is -0.508 e. The van der Waals surface area contributed by atoms with Crippen molar-refractivity contribution in [2.45, 2.75) is 36.7 Å². The molecule has 0 aromatic heterocycles. The SMILES string of the molecule is O=C(Cc1ccc(O)cc1)N[C@@H]1C(=O)N2C(C(=O)O)=C(C[N+]34CCCC3CN(C(=O)c3ccc(O)c(O)c3Cl)CC4)CS[C@H]12. The van der Waals surface area contributed by atoms with Crippen LogP contribution in [0.1, 0.15) is 28.8 Å². The van der Waals surface area contributed by atoms with Gasteiger partial charge in [0.05, 0.1) is 43.2 Å². The van der Waals surface area contributed by atoms with Crippen LogP contribution in [-0.4, -0.2) is 114 Å². The molecular formula is C30H32ClN4O8S+. The Labute approximate surface area is 262 Å². The van der Waals surface area contributed by atoms with Crippen LogP contribution in [0.2, 0.25) is 5.02 Å². The lowest BCUT2D eigenvalue weighted by Gasteiger charge is -2.51. The maximum atomic E-state index is 13.3. The van der Waals surface area contributed by atoms with Gasteiger partial charge in [-0.25, -0.2) is 4.79 Å². The Hall–Kier alpha value is -3.94. The average molecular weight is 644 g/mol. The van der Waals surface area contributed by atoms with Crippen molar-refractivity contribution in [3.05, 3.63) is 63.8 Å². The third-order valence-corrected chi connectivity index (χ3v) is 10.9. The number of carboxylic acids is 1. The highest BCUT2D eigenvalue weighted by atomic mass is 35.5. The van der Waals surface area contributed by atoms with Crippen LogP contribution in [0, 0.1) is 0 Å². The number of quaternary nitrogens is 1. The average Bonchev–Trinajstić information content (AvgIpc) is 3.42. The number of hydrogen-bond donors (Lipinski definition) is 5. The highest BCUT2D eigenvalue weighted by molar-refractivity contribution is 8.00. The van der Waals surface area contributed by atoms with Crippen LogP contribution in [0.15, 0.2) is 47.7 Å². The first-order valence-corrected chi connectivity index (χ1v) is 15.7. The molecule has 4 aliphatic heterocycles. The second-order valence-electron chi connectivity index (χ2n) is 11.7. The molecule has 44 heavy (non-hydrogen) atoms. The molecule has 232 valence electrons. The van der Waals surface area contributed by atoms with Crippen molar-refractivity contribution in [3.8, 4) is 17.2 Å². The maximum absolute atomic E-state index is 13.3. The fraction of sp³-hybridized carbons (Fsp3) is 0.400.